The van der Waals surface area contributed by atoms with Crippen LogP contribution in [0.4, 0.5) is 0 Å². The van der Waals surface area contributed by atoms with Gasteiger partial charge < -0.3 is 14.4 Å². The highest BCUT2D eigenvalue weighted by Crippen LogP contribution is 2.36. The second-order valence-electron chi connectivity index (χ2n) is 3.97. The molecule has 0 unspecified atom stereocenters. The topological polar surface area (TPSA) is 38.8 Å². The lowest BCUT2D eigenvalue weighted by Crippen LogP contribution is -2.37. The molecule has 1 aliphatic rings. The average Bonchev–Trinajstić information content (AvgIpc) is 2.37. The molecule has 0 atom stereocenters. The Balaban J connectivity index is 2.55. The van der Waals surface area contributed by atoms with Gasteiger partial charge in [0.05, 0.1) is 19.8 Å². The number of benzene rings is 1. The summed E-state index contributed by atoms with van der Waals surface area (Å²) in [6, 6.07) is 3.80. The predicted octanol–water partition coefficient (Wildman–Crippen LogP) is 1.72. The van der Waals surface area contributed by atoms with Crippen molar-refractivity contribution in [3.63, 3.8) is 0 Å². The number of fused-ring (bicyclic) bond motifs is 1. The normalized spacial score (nSPS) is 14.5. The summed E-state index contributed by atoms with van der Waals surface area (Å²) in [6.07, 6.45) is 0.870. The molecule has 1 amide bonds. The number of carbonyl (C=O) groups excluding carboxylic acids is 1. The van der Waals surface area contributed by atoms with Gasteiger partial charge in [0.1, 0.15) is 0 Å². The summed E-state index contributed by atoms with van der Waals surface area (Å²) in [4.78, 5) is 14.1. The summed E-state index contributed by atoms with van der Waals surface area (Å²) in [7, 11) is 3.14. The van der Waals surface area contributed by atoms with Gasteiger partial charge in [-0.15, -0.1) is 0 Å². The Bertz CT molecular complexity index is 443. The van der Waals surface area contributed by atoms with Gasteiger partial charge in [-0.1, -0.05) is 6.07 Å². The molecule has 0 fully saturated rings. The Morgan fingerprint density at radius 1 is 1.29 bits per heavy atom. The molecule has 0 saturated heterocycles. The fourth-order valence-electron chi connectivity index (χ4n) is 2.23. The fraction of sp³-hybridized carbons (Fsp3) is 0.462. The molecule has 0 bridgehead atoms. The monoisotopic (exact) mass is 235 g/mol. The Morgan fingerprint density at radius 3 is 2.65 bits per heavy atom. The summed E-state index contributed by atoms with van der Waals surface area (Å²) in [5.41, 5.74) is 1.69. The van der Waals surface area contributed by atoms with Crippen molar-refractivity contribution in [2.24, 2.45) is 0 Å². The van der Waals surface area contributed by atoms with E-state index in [2.05, 4.69) is 0 Å². The third kappa shape index (κ3) is 1.84. The molecule has 4 nitrogen and oxygen atoms in total. The predicted molar refractivity (Wildman–Crippen MR) is 64.8 cm³/mol. The molecular weight excluding hydrogens is 218 g/mol. The van der Waals surface area contributed by atoms with E-state index in [0.29, 0.717) is 17.1 Å². The van der Waals surface area contributed by atoms with E-state index in [-0.39, 0.29) is 5.91 Å². The Kier molecular flexibility index (Phi) is 3.22. The van der Waals surface area contributed by atoms with Gasteiger partial charge in [-0.05, 0) is 25.0 Å². The van der Waals surface area contributed by atoms with Crippen molar-refractivity contribution in [1.29, 1.82) is 0 Å². The number of carbonyl (C=O) groups is 1. The molecule has 1 aromatic carbocycles. The highest BCUT2D eigenvalue weighted by atomic mass is 16.5. The number of hydrogen-bond donors (Lipinski definition) is 0. The minimum atomic E-state index is 0.0319. The van der Waals surface area contributed by atoms with Crippen LogP contribution in [-0.2, 0) is 6.42 Å². The maximum absolute atomic E-state index is 12.3. The minimum absolute atomic E-state index is 0.0319. The molecule has 2 rings (SSSR count). The van der Waals surface area contributed by atoms with Gasteiger partial charge in [0, 0.05) is 13.1 Å². The second-order valence-corrected chi connectivity index (χ2v) is 3.97. The van der Waals surface area contributed by atoms with E-state index in [0.717, 1.165) is 25.1 Å². The summed E-state index contributed by atoms with van der Waals surface area (Å²) in [6.45, 7) is 3.48. The molecule has 1 aliphatic heterocycles. The van der Waals surface area contributed by atoms with Crippen molar-refractivity contribution in [2.45, 2.75) is 13.3 Å². The van der Waals surface area contributed by atoms with Crippen LogP contribution in [0.5, 0.6) is 11.5 Å². The van der Waals surface area contributed by atoms with E-state index in [1.165, 1.54) is 0 Å². The molecular formula is C13H17NO3. The quantitative estimate of drug-likeness (QED) is 0.800. The van der Waals surface area contributed by atoms with Gasteiger partial charge in [0.25, 0.3) is 5.91 Å². The lowest BCUT2D eigenvalue weighted by molar-refractivity contribution is 0.0744. The van der Waals surface area contributed by atoms with Gasteiger partial charge in [-0.3, -0.25) is 4.79 Å². The lowest BCUT2D eigenvalue weighted by atomic mass is 9.97. The van der Waals surface area contributed by atoms with Gasteiger partial charge in [-0.25, -0.2) is 0 Å². The summed E-state index contributed by atoms with van der Waals surface area (Å²) in [5, 5.41) is 0. The molecule has 1 aromatic rings. The molecule has 92 valence electrons. The number of hydrogen-bond acceptors (Lipinski definition) is 3. The summed E-state index contributed by atoms with van der Waals surface area (Å²) >= 11 is 0. The summed E-state index contributed by atoms with van der Waals surface area (Å²) in [5.74, 6) is 1.19. The summed E-state index contributed by atoms with van der Waals surface area (Å²) < 4.78 is 10.5. The van der Waals surface area contributed by atoms with E-state index in [1.54, 1.807) is 14.2 Å². The van der Waals surface area contributed by atoms with Crippen LogP contribution in [0.15, 0.2) is 12.1 Å². The zero-order valence-corrected chi connectivity index (χ0v) is 10.4. The lowest BCUT2D eigenvalue weighted by Gasteiger charge is -2.29. The zero-order valence-electron chi connectivity index (χ0n) is 10.4. The van der Waals surface area contributed by atoms with Crippen molar-refractivity contribution in [3.8, 4) is 11.5 Å². The van der Waals surface area contributed by atoms with E-state index < -0.39 is 0 Å². The van der Waals surface area contributed by atoms with E-state index >= 15 is 0 Å². The second kappa shape index (κ2) is 4.65. The average molecular weight is 235 g/mol. The van der Waals surface area contributed by atoms with Crippen molar-refractivity contribution in [2.75, 3.05) is 27.3 Å². The number of rotatable bonds is 3. The molecule has 0 N–H and O–H groups in total. The van der Waals surface area contributed by atoms with Crippen LogP contribution < -0.4 is 9.47 Å². The van der Waals surface area contributed by atoms with Crippen molar-refractivity contribution in [3.05, 3.63) is 23.3 Å². The first-order valence-corrected chi connectivity index (χ1v) is 5.76. The Morgan fingerprint density at radius 2 is 2.06 bits per heavy atom. The maximum atomic E-state index is 12.3. The van der Waals surface area contributed by atoms with Crippen molar-refractivity contribution < 1.29 is 14.3 Å². The molecule has 0 aliphatic carbocycles. The number of ether oxygens (including phenoxy) is 2. The fourth-order valence-corrected chi connectivity index (χ4v) is 2.23. The number of likely N-dealkylation sites (N-methyl/N-ethyl adjacent to an activating group) is 1. The third-order valence-electron chi connectivity index (χ3n) is 3.17. The van der Waals surface area contributed by atoms with Gasteiger partial charge >= 0.3 is 0 Å². The number of methoxy groups -OCH3 is 2. The Hall–Kier alpha value is -1.71. The van der Waals surface area contributed by atoms with Crippen LogP contribution in [0.1, 0.15) is 22.8 Å². The largest absolute Gasteiger partial charge is 0.493 e. The molecule has 4 heteroatoms. The van der Waals surface area contributed by atoms with Crippen molar-refractivity contribution >= 4 is 5.91 Å². The molecule has 0 spiro atoms. The third-order valence-corrected chi connectivity index (χ3v) is 3.17. The molecule has 1 heterocycles. The van der Waals surface area contributed by atoms with Crippen LogP contribution in [0.2, 0.25) is 0 Å². The molecule has 17 heavy (non-hydrogen) atoms. The zero-order chi connectivity index (χ0) is 12.4. The maximum Gasteiger partial charge on any atom is 0.258 e. The van der Waals surface area contributed by atoms with Gasteiger partial charge in [0.2, 0.25) is 0 Å². The van der Waals surface area contributed by atoms with Gasteiger partial charge in [-0.2, -0.15) is 0 Å². The van der Waals surface area contributed by atoms with Crippen molar-refractivity contribution in [1.82, 2.24) is 4.90 Å². The van der Waals surface area contributed by atoms with Crippen LogP contribution >= 0.6 is 0 Å². The van der Waals surface area contributed by atoms with E-state index in [1.807, 2.05) is 24.0 Å². The minimum Gasteiger partial charge on any atom is -0.493 e. The first kappa shape index (κ1) is 11.8. The van der Waals surface area contributed by atoms with E-state index in [9.17, 15) is 4.79 Å². The van der Waals surface area contributed by atoms with Crippen LogP contribution in [0.3, 0.4) is 0 Å². The van der Waals surface area contributed by atoms with Crippen LogP contribution in [-0.4, -0.2) is 38.1 Å². The van der Waals surface area contributed by atoms with Gasteiger partial charge in [0.15, 0.2) is 11.5 Å². The van der Waals surface area contributed by atoms with Crippen LogP contribution in [0.25, 0.3) is 0 Å². The molecule has 0 aromatic heterocycles. The Labute approximate surface area is 101 Å². The number of amides is 1. The first-order valence-electron chi connectivity index (χ1n) is 5.76. The number of nitrogens with zero attached hydrogens (tertiary/aromatic N) is 1. The smallest absolute Gasteiger partial charge is 0.258 e. The molecule has 0 radical (unpaired) electrons. The standard InChI is InChI=1S/C13H17NO3/c1-4-14-8-7-9-5-6-10(16-2)12(17-3)11(9)13(14)15/h5-6H,4,7-8H2,1-3H3. The molecule has 0 saturated carbocycles. The highest BCUT2D eigenvalue weighted by Gasteiger charge is 2.28. The first-order chi connectivity index (χ1) is 8.22. The van der Waals surface area contributed by atoms with E-state index in [4.69, 9.17) is 9.47 Å². The van der Waals surface area contributed by atoms with Crippen LogP contribution in [0, 0.1) is 0 Å². The highest BCUT2D eigenvalue weighted by molar-refractivity contribution is 6.00. The SMILES string of the molecule is CCN1CCc2ccc(OC)c(OC)c2C1=O.